The highest BCUT2D eigenvalue weighted by Crippen LogP contribution is 2.14. The van der Waals surface area contributed by atoms with Crippen molar-refractivity contribution < 1.29 is 19.1 Å². The highest BCUT2D eigenvalue weighted by atomic mass is 16.5. The Labute approximate surface area is 152 Å². The first-order chi connectivity index (χ1) is 12.5. The maximum absolute atomic E-state index is 12.1. The Bertz CT molecular complexity index is 757. The number of ketones is 1. The molecule has 0 saturated heterocycles. The van der Waals surface area contributed by atoms with Gasteiger partial charge in [-0.25, -0.2) is 0 Å². The fraction of sp³-hybridized carbons (Fsp3) is 0.250. The highest BCUT2D eigenvalue weighted by Gasteiger charge is 2.19. The Morgan fingerprint density at radius 1 is 1.04 bits per heavy atom. The van der Waals surface area contributed by atoms with Crippen LogP contribution in [-0.4, -0.2) is 24.2 Å². The summed E-state index contributed by atoms with van der Waals surface area (Å²) in [5.74, 6) is -0.245. The predicted octanol–water partition coefficient (Wildman–Crippen LogP) is 2.39. The molecule has 2 amide bonds. The van der Waals surface area contributed by atoms with Crippen molar-refractivity contribution in [2.24, 2.45) is 5.73 Å². The summed E-state index contributed by atoms with van der Waals surface area (Å²) in [7, 11) is 0. The first-order valence-corrected chi connectivity index (χ1v) is 8.35. The molecule has 0 radical (unpaired) electrons. The molecule has 2 aromatic rings. The standard InChI is InChI=1S/C20H22N2O4/c1-14(23)15-9-11-17(12-10-15)26-13-5-8-18(24)22-19(20(21)25)16-6-3-2-4-7-16/h2-4,6-7,9-12,19H,5,8,13H2,1H3,(H2,21,25)(H,22,24). The summed E-state index contributed by atoms with van der Waals surface area (Å²) in [5, 5.41) is 2.64. The van der Waals surface area contributed by atoms with E-state index in [9.17, 15) is 14.4 Å². The van der Waals surface area contributed by atoms with Gasteiger partial charge in [-0.1, -0.05) is 30.3 Å². The molecule has 0 aliphatic rings. The lowest BCUT2D eigenvalue weighted by Crippen LogP contribution is -2.37. The minimum Gasteiger partial charge on any atom is -0.494 e. The SMILES string of the molecule is CC(=O)c1ccc(OCCCC(=O)NC(C(N)=O)c2ccccc2)cc1. The van der Waals surface area contributed by atoms with Crippen molar-refractivity contribution in [1.29, 1.82) is 0 Å². The molecule has 2 aromatic carbocycles. The lowest BCUT2D eigenvalue weighted by Gasteiger charge is -2.16. The number of nitrogens with one attached hydrogen (secondary N) is 1. The van der Waals surface area contributed by atoms with Crippen molar-refractivity contribution in [3.63, 3.8) is 0 Å². The molecule has 1 atom stereocenters. The second-order valence-electron chi connectivity index (χ2n) is 5.85. The van der Waals surface area contributed by atoms with Gasteiger partial charge >= 0.3 is 0 Å². The van der Waals surface area contributed by atoms with Crippen LogP contribution < -0.4 is 15.8 Å². The van der Waals surface area contributed by atoms with Crippen LogP contribution in [0.5, 0.6) is 5.75 Å². The largest absolute Gasteiger partial charge is 0.494 e. The molecule has 2 rings (SSSR count). The normalized spacial score (nSPS) is 11.4. The van der Waals surface area contributed by atoms with Crippen LogP contribution in [-0.2, 0) is 9.59 Å². The summed E-state index contributed by atoms with van der Waals surface area (Å²) < 4.78 is 5.55. The third-order valence-corrected chi connectivity index (χ3v) is 3.80. The molecule has 136 valence electrons. The first kappa shape index (κ1) is 19.2. The smallest absolute Gasteiger partial charge is 0.244 e. The van der Waals surface area contributed by atoms with E-state index in [2.05, 4.69) is 5.32 Å². The second kappa shape index (κ2) is 9.36. The molecule has 0 aliphatic carbocycles. The predicted molar refractivity (Wildman–Crippen MR) is 97.7 cm³/mol. The van der Waals surface area contributed by atoms with Gasteiger partial charge in [0.15, 0.2) is 5.78 Å². The Balaban J connectivity index is 1.77. The van der Waals surface area contributed by atoms with Gasteiger partial charge in [0, 0.05) is 12.0 Å². The third kappa shape index (κ3) is 5.73. The molecule has 0 heterocycles. The van der Waals surface area contributed by atoms with Crippen molar-refractivity contribution in [2.75, 3.05) is 6.61 Å². The van der Waals surface area contributed by atoms with Crippen molar-refractivity contribution in [1.82, 2.24) is 5.32 Å². The fourth-order valence-corrected chi connectivity index (χ4v) is 2.41. The van der Waals surface area contributed by atoms with Crippen LogP contribution in [0.25, 0.3) is 0 Å². The molecule has 3 N–H and O–H groups in total. The van der Waals surface area contributed by atoms with Gasteiger partial charge in [0.25, 0.3) is 0 Å². The number of ether oxygens (including phenoxy) is 1. The summed E-state index contributed by atoms with van der Waals surface area (Å²) in [6.45, 7) is 1.85. The van der Waals surface area contributed by atoms with Gasteiger partial charge in [-0.05, 0) is 43.2 Å². The van der Waals surface area contributed by atoms with E-state index in [1.165, 1.54) is 6.92 Å². The zero-order valence-electron chi connectivity index (χ0n) is 14.6. The number of carbonyl (C=O) groups is 3. The van der Waals surface area contributed by atoms with E-state index in [-0.39, 0.29) is 18.1 Å². The van der Waals surface area contributed by atoms with Crippen molar-refractivity contribution in [3.8, 4) is 5.75 Å². The lowest BCUT2D eigenvalue weighted by molar-refractivity contribution is -0.127. The zero-order valence-corrected chi connectivity index (χ0v) is 14.6. The summed E-state index contributed by atoms with van der Waals surface area (Å²) in [6, 6.07) is 14.8. The van der Waals surface area contributed by atoms with E-state index in [0.29, 0.717) is 29.9 Å². The minimum atomic E-state index is -0.844. The topological polar surface area (TPSA) is 98.5 Å². The van der Waals surface area contributed by atoms with E-state index in [1.54, 1.807) is 48.5 Å². The molecule has 26 heavy (non-hydrogen) atoms. The number of rotatable bonds is 9. The number of amides is 2. The summed E-state index contributed by atoms with van der Waals surface area (Å²) in [5.41, 5.74) is 6.65. The molecule has 0 spiro atoms. The molecular weight excluding hydrogens is 332 g/mol. The maximum atomic E-state index is 12.1. The Morgan fingerprint density at radius 2 is 1.69 bits per heavy atom. The Morgan fingerprint density at radius 3 is 2.27 bits per heavy atom. The maximum Gasteiger partial charge on any atom is 0.244 e. The van der Waals surface area contributed by atoms with Crippen LogP contribution in [0.15, 0.2) is 54.6 Å². The van der Waals surface area contributed by atoms with E-state index in [1.807, 2.05) is 6.07 Å². The van der Waals surface area contributed by atoms with Crippen LogP contribution in [0.2, 0.25) is 0 Å². The second-order valence-corrected chi connectivity index (χ2v) is 5.85. The van der Waals surface area contributed by atoms with Gasteiger partial charge < -0.3 is 15.8 Å². The average Bonchev–Trinajstić information content (AvgIpc) is 2.64. The van der Waals surface area contributed by atoms with E-state index in [0.717, 1.165) is 0 Å². The van der Waals surface area contributed by atoms with Gasteiger partial charge in [0.2, 0.25) is 11.8 Å². The summed E-state index contributed by atoms with van der Waals surface area (Å²) in [4.78, 5) is 34.8. The number of Topliss-reactive ketones (excluding diaryl/α,β-unsaturated/α-hetero) is 1. The van der Waals surface area contributed by atoms with Gasteiger partial charge in [0.05, 0.1) is 6.61 Å². The molecule has 0 aliphatic heterocycles. The summed E-state index contributed by atoms with van der Waals surface area (Å²) in [6.07, 6.45) is 0.697. The van der Waals surface area contributed by atoms with Crippen LogP contribution in [0.1, 0.15) is 41.7 Å². The van der Waals surface area contributed by atoms with Crippen molar-refractivity contribution >= 4 is 17.6 Å². The number of primary amides is 1. The first-order valence-electron chi connectivity index (χ1n) is 8.35. The number of hydrogen-bond acceptors (Lipinski definition) is 4. The third-order valence-electron chi connectivity index (χ3n) is 3.80. The molecule has 1 unspecified atom stereocenters. The molecule has 0 aromatic heterocycles. The lowest BCUT2D eigenvalue weighted by atomic mass is 10.1. The van der Waals surface area contributed by atoms with Gasteiger partial charge in [-0.15, -0.1) is 0 Å². The van der Waals surface area contributed by atoms with Crippen LogP contribution >= 0.6 is 0 Å². The highest BCUT2D eigenvalue weighted by molar-refractivity contribution is 5.94. The fourth-order valence-electron chi connectivity index (χ4n) is 2.41. The number of nitrogens with two attached hydrogens (primary N) is 1. The van der Waals surface area contributed by atoms with Crippen molar-refractivity contribution in [2.45, 2.75) is 25.8 Å². The average molecular weight is 354 g/mol. The number of benzene rings is 2. The number of carbonyl (C=O) groups excluding carboxylic acids is 3. The summed E-state index contributed by atoms with van der Waals surface area (Å²) >= 11 is 0. The molecule has 0 bridgehead atoms. The van der Waals surface area contributed by atoms with E-state index >= 15 is 0 Å². The minimum absolute atomic E-state index is 0.00403. The molecule has 6 heteroatoms. The van der Waals surface area contributed by atoms with Crippen LogP contribution in [0, 0.1) is 0 Å². The van der Waals surface area contributed by atoms with Gasteiger partial charge in [0.1, 0.15) is 11.8 Å². The van der Waals surface area contributed by atoms with Crippen molar-refractivity contribution in [3.05, 3.63) is 65.7 Å². The van der Waals surface area contributed by atoms with Crippen LogP contribution in [0.4, 0.5) is 0 Å². The molecular formula is C20H22N2O4. The number of hydrogen-bond donors (Lipinski definition) is 2. The molecule has 0 saturated carbocycles. The molecule has 6 nitrogen and oxygen atoms in total. The Hall–Kier alpha value is -3.15. The van der Waals surface area contributed by atoms with E-state index in [4.69, 9.17) is 10.5 Å². The van der Waals surface area contributed by atoms with E-state index < -0.39 is 11.9 Å². The zero-order chi connectivity index (χ0) is 18.9. The monoisotopic (exact) mass is 354 g/mol. The Kier molecular flexibility index (Phi) is 6.91. The van der Waals surface area contributed by atoms with Gasteiger partial charge in [-0.3, -0.25) is 14.4 Å². The quantitative estimate of drug-likeness (QED) is 0.533. The van der Waals surface area contributed by atoms with Gasteiger partial charge in [-0.2, -0.15) is 0 Å². The van der Waals surface area contributed by atoms with Crippen LogP contribution in [0.3, 0.4) is 0 Å². The molecule has 0 fully saturated rings.